The maximum atomic E-state index is 11.9. The van der Waals surface area contributed by atoms with Gasteiger partial charge in [0.2, 0.25) is 0 Å². The molecule has 0 aliphatic carbocycles. The first-order chi connectivity index (χ1) is 13.9. The molecule has 1 N–H and O–H groups in total. The Morgan fingerprint density at radius 1 is 0.800 bits per heavy atom. The van der Waals surface area contributed by atoms with Crippen molar-refractivity contribution in [3.63, 3.8) is 0 Å². The van der Waals surface area contributed by atoms with Gasteiger partial charge in [-0.1, -0.05) is 12.1 Å². The van der Waals surface area contributed by atoms with E-state index < -0.39 is 24.2 Å². The fourth-order valence-electron chi connectivity index (χ4n) is 1.94. The van der Waals surface area contributed by atoms with Crippen molar-refractivity contribution in [3.05, 3.63) is 58.7 Å². The summed E-state index contributed by atoms with van der Waals surface area (Å²) in [5.74, 6) is -0.956. The third-order valence-electron chi connectivity index (χ3n) is 3.12. The van der Waals surface area contributed by atoms with E-state index in [1.165, 1.54) is 18.2 Å². The molecule has 0 fully saturated rings. The maximum Gasteiger partial charge on any atom is 0.573 e. The highest BCUT2D eigenvalue weighted by Crippen LogP contribution is 2.28. The van der Waals surface area contributed by atoms with E-state index in [0.717, 1.165) is 18.2 Å². The topological polar surface area (TPSA) is 86.3 Å². The van der Waals surface area contributed by atoms with Crippen LogP contribution in [0.2, 0.25) is 0 Å². The van der Waals surface area contributed by atoms with Crippen LogP contribution in [-0.2, 0) is 12.5 Å². The zero-order chi connectivity index (χ0) is 22.9. The van der Waals surface area contributed by atoms with Crippen LogP contribution in [0.1, 0.15) is 22.3 Å². The summed E-state index contributed by atoms with van der Waals surface area (Å²) in [6.07, 6.45) is -9.62. The van der Waals surface area contributed by atoms with Gasteiger partial charge in [-0.3, -0.25) is 0 Å². The van der Waals surface area contributed by atoms with Crippen LogP contribution in [0.5, 0.6) is 11.5 Å². The van der Waals surface area contributed by atoms with Crippen LogP contribution in [0.3, 0.4) is 0 Å². The summed E-state index contributed by atoms with van der Waals surface area (Å²) in [5.41, 5.74) is 0.452. The second-order valence-electron chi connectivity index (χ2n) is 5.27. The summed E-state index contributed by atoms with van der Waals surface area (Å²) >= 11 is 5.47. The van der Waals surface area contributed by atoms with Crippen molar-refractivity contribution in [3.8, 4) is 23.6 Å². The van der Waals surface area contributed by atoms with E-state index in [9.17, 15) is 26.3 Å². The van der Waals surface area contributed by atoms with E-state index in [1.54, 1.807) is 12.1 Å². The Morgan fingerprint density at radius 3 is 1.53 bits per heavy atom. The molecule has 0 amide bonds. The van der Waals surface area contributed by atoms with Crippen molar-refractivity contribution in [1.29, 1.82) is 10.5 Å². The second-order valence-corrected chi connectivity index (χ2v) is 5.54. The Kier molecular flexibility index (Phi) is 8.77. The molecule has 0 bridgehead atoms. The zero-order valence-electron chi connectivity index (χ0n) is 14.7. The average Bonchev–Trinajstić information content (AvgIpc) is 2.66. The molecular formula is C18H11ClF6N2O3. The van der Waals surface area contributed by atoms with Crippen LogP contribution in [0.25, 0.3) is 0 Å². The first-order valence-electron chi connectivity index (χ1n) is 7.66. The largest absolute Gasteiger partial charge is 0.573 e. The predicted molar refractivity (Wildman–Crippen MR) is 91.2 cm³/mol. The van der Waals surface area contributed by atoms with Crippen molar-refractivity contribution in [2.24, 2.45) is 0 Å². The lowest BCUT2D eigenvalue weighted by molar-refractivity contribution is -0.275. The monoisotopic (exact) mass is 452 g/mol. The number of hydrogen-bond acceptors (Lipinski definition) is 5. The average molecular weight is 453 g/mol. The van der Waals surface area contributed by atoms with Gasteiger partial charge in [0, 0.05) is 5.88 Å². The predicted octanol–water partition coefficient (Wildman–Crippen LogP) is 5.14. The summed E-state index contributed by atoms with van der Waals surface area (Å²) in [7, 11) is 0. The number of rotatable bonds is 4. The van der Waals surface area contributed by atoms with Crippen molar-refractivity contribution in [2.75, 3.05) is 0 Å². The number of ether oxygens (including phenoxy) is 2. The number of halogens is 7. The number of aliphatic hydroxyl groups is 1. The Hall–Kier alpha value is -3.15. The summed E-state index contributed by atoms with van der Waals surface area (Å²) in [4.78, 5) is 0. The van der Waals surface area contributed by atoms with E-state index in [4.69, 9.17) is 27.2 Å². The number of nitrogens with zero attached hydrogens (tertiary/aromatic N) is 2. The van der Waals surface area contributed by atoms with E-state index >= 15 is 0 Å². The number of alkyl halides is 7. The highest BCUT2D eigenvalue weighted by atomic mass is 35.5. The minimum atomic E-state index is -4.83. The van der Waals surface area contributed by atoms with Crippen molar-refractivity contribution >= 4 is 11.6 Å². The molecule has 0 aromatic heterocycles. The van der Waals surface area contributed by atoms with Gasteiger partial charge in [-0.25, -0.2) is 0 Å². The molecule has 30 heavy (non-hydrogen) atoms. The summed E-state index contributed by atoms with van der Waals surface area (Å²) in [6, 6.07) is 10.3. The van der Waals surface area contributed by atoms with E-state index in [0.29, 0.717) is 11.1 Å². The molecule has 0 saturated carbocycles. The molecule has 12 heteroatoms. The lowest BCUT2D eigenvalue weighted by Gasteiger charge is -2.10. The lowest BCUT2D eigenvalue weighted by Crippen LogP contribution is -2.17. The minimum Gasteiger partial charge on any atom is -0.404 e. The quantitative estimate of drug-likeness (QED) is 0.512. The lowest BCUT2D eigenvalue weighted by atomic mass is 10.1. The first kappa shape index (κ1) is 24.9. The fourth-order valence-corrected chi connectivity index (χ4v) is 2.10. The zero-order valence-corrected chi connectivity index (χ0v) is 15.4. The van der Waals surface area contributed by atoms with Gasteiger partial charge in [0.05, 0.1) is 17.7 Å². The molecule has 2 aromatic rings. The summed E-state index contributed by atoms with van der Waals surface area (Å²) < 4.78 is 78.5. The van der Waals surface area contributed by atoms with Crippen molar-refractivity contribution in [2.45, 2.75) is 25.2 Å². The van der Waals surface area contributed by atoms with E-state index in [1.807, 2.05) is 0 Å². The molecule has 2 aromatic carbocycles. The van der Waals surface area contributed by atoms with Gasteiger partial charge < -0.3 is 14.6 Å². The van der Waals surface area contributed by atoms with Gasteiger partial charge in [0.15, 0.2) is 0 Å². The van der Waals surface area contributed by atoms with Crippen LogP contribution >= 0.6 is 11.6 Å². The summed E-state index contributed by atoms with van der Waals surface area (Å²) in [5, 5.41) is 25.9. The normalized spacial score (nSPS) is 10.9. The standard InChI is InChI=1S/C9H5ClF3NO.C9H6F3NO2/c10-4-6-1-2-8(7(3-6)5-14)15-9(11,12)13;10-9(11,12)15-8-2-1-6(5-14)3-7(8)4-13/h1-3H,4H2;1-3,14H,5H2. The summed E-state index contributed by atoms with van der Waals surface area (Å²) in [6.45, 7) is -0.346. The SMILES string of the molecule is N#Cc1cc(CCl)ccc1OC(F)(F)F.N#Cc1cc(CO)ccc1OC(F)(F)F. The molecule has 2 rings (SSSR count). The first-order valence-corrected chi connectivity index (χ1v) is 8.20. The molecule has 5 nitrogen and oxygen atoms in total. The van der Waals surface area contributed by atoms with Crippen LogP contribution in [0.15, 0.2) is 36.4 Å². The molecule has 0 radical (unpaired) electrons. The highest BCUT2D eigenvalue weighted by Gasteiger charge is 2.32. The van der Waals surface area contributed by atoms with Crippen molar-refractivity contribution in [1.82, 2.24) is 0 Å². The molecule has 0 saturated heterocycles. The molecule has 0 unspecified atom stereocenters. The third kappa shape index (κ3) is 8.47. The number of benzene rings is 2. The Morgan fingerprint density at radius 2 is 1.20 bits per heavy atom. The van der Waals surface area contributed by atoms with Crippen LogP contribution in [0, 0.1) is 22.7 Å². The van der Waals surface area contributed by atoms with Crippen LogP contribution in [0.4, 0.5) is 26.3 Å². The van der Waals surface area contributed by atoms with Gasteiger partial charge >= 0.3 is 12.7 Å². The van der Waals surface area contributed by atoms with Crippen LogP contribution in [-0.4, -0.2) is 17.8 Å². The van der Waals surface area contributed by atoms with E-state index in [-0.39, 0.29) is 23.6 Å². The maximum absolute atomic E-state index is 11.9. The van der Waals surface area contributed by atoms with E-state index in [2.05, 4.69) is 9.47 Å². The van der Waals surface area contributed by atoms with Gasteiger partial charge in [0.25, 0.3) is 0 Å². The fraction of sp³-hybridized carbons (Fsp3) is 0.222. The molecule has 0 heterocycles. The van der Waals surface area contributed by atoms with Gasteiger partial charge in [-0.15, -0.1) is 37.9 Å². The number of hydrogen-bond donors (Lipinski definition) is 1. The van der Waals surface area contributed by atoms with Crippen molar-refractivity contribution < 1.29 is 40.9 Å². The van der Waals surface area contributed by atoms with Gasteiger partial charge in [0.1, 0.15) is 23.6 Å². The van der Waals surface area contributed by atoms with Gasteiger partial charge in [-0.2, -0.15) is 10.5 Å². The molecule has 0 atom stereocenters. The Labute approximate surface area is 171 Å². The second kappa shape index (κ2) is 10.6. The highest BCUT2D eigenvalue weighted by molar-refractivity contribution is 6.17. The number of nitriles is 2. The molecule has 0 spiro atoms. The minimum absolute atomic E-state index is 0.126. The number of aliphatic hydroxyl groups excluding tert-OH is 1. The molecular weight excluding hydrogens is 442 g/mol. The Balaban J connectivity index is 0.000000300. The van der Waals surface area contributed by atoms with Gasteiger partial charge in [-0.05, 0) is 35.4 Å². The van der Waals surface area contributed by atoms with Crippen LogP contribution < -0.4 is 9.47 Å². The molecule has 160 valence electrons. The third-order valence-corrected chi connectivity index (χ3v) is 3.43. The smallest absolute Gasteiger partial charge is 0.404 e. The molecule has 0 aliphatic rings. The molecule has 0 aliphatic heterocycles. The Bertz CT molecular complexity index is 871.